The van der Waals surface area contributed by atoms with Gasteiger partial charge in [0.1, 0.15) is 0 Å². The zero-order valence-electron chi connectivity index (χ0n) is 4.72. The van der Waals surface area contributed by atoms with Gasteiger partial charge in [0, 0.05) is 0 Å². The topological polar surface area (TPSA) is 36.1 Å². The second-order valence-electron chi connectivity index (χ2n) is 1.08. The molecule has 0 radical (unpaired) electrons. The van der Waals surface area contributed by atoms with Gasteiger partial charge in [-0.3, -0.25) is 0 Å². The van der Waals surface area contributed by atoms with Crippen molar-refractivity contribution < 1.29 is 17.2 Å². The predicted octanol–water partition coefficient (Wildman–Crippen LogP) is -1.62. The van der Waals surface area contributed by atoms with Crippen molar-refractivity contribution in [3.63, 3.8) is 0 Å². The Bertz CT molecular complexity index is 186. The molecule has 0 bridgehead atoms. The molecule has 0 saturated carbocycles. The van der Waals surface area contributed by atoms with E-state index >= 15 is 0 Å². The Labute approximate surface area is 84.6 Å². The average molecular weight is 582 g/mol. The van der Waals surface area contributed by atoms with Crippen LogP contribution in [0.15, 0.2) is 0 Å². The van der Waals surface area contributed by atoms with Crippen LogP contribution in [-0.4, -0.2) is 9.48 Å². The summed E-state index contributed by atoms with van der Waals surface area (Å²) >= 11 is 1.86. The first-order chi connectivity index (χ1) is 4.38. The molecule has 0 fully saturated rings. The van der Waals surface area contributed by atoms with E-state index in [1.165, 1.54) is 0 Å². The normalized spacial score (nSPS) is 22.9. The monoisotopic (exact) mass is 582 g/mol. The van der Waals surface area contributed by atoms with Crippen molar-refractivity contribution in [3.8, 4) is 0 Å². The van der Waals surface area contributed by atoms with Crippen LogP contribution in [0.5, 0.6) is 0 Å². The molecule has 0 aromatic carbocycles. The Morgan fingerprint density at radius 1 is 1.67 bits per heavy atom. The number of halogens is 4. The van der Waals surface area contributed by atoms with Crippen molar-refractivity contribution in [2.24, 2.45) is 0 Å². The SMILES string of the molecule is CNI1#I(NNI)[I-]C1. The zero-order valence-corrected chi connectivity index (χ0v) is 13.3. The summed E-state index contributed by atoms with van der Waals surface area (Å²) in [7, 11) is 2.13. The van der Waals surface area contributed by atoms with Crippen molar-refractivity contribution >= 4 is 49.2 Å². The maximum atomic E-state index is 3.48. The van der Waals surface area contributed by atoms with Crippen molar-refractivity contribution in [2.75, 3.05) is 9.48 Å². The van der Waals surface area contributed by atoms with Gasteiger partial charge >= 0.3 is 86.8 Å². The number of hydrogen-bond donors (Lipinski definition) is 3. The van der Waals surface area contributed by atoms with Crippen LogP contribution in [0.3, 0.4) is 0 Å². The molecular formula is C2H8I4N3-. The van der Waals surface area contributed by atoms with Gasteiger partial charge in [-0.05, 0) is 0 Å². The Kier molecular flexibility index (Phi) is 5.98. The molecule has 1 aliphatic rings. The number of nitrogens with one attached hydrogen (secondary N) is 3. The van der Waals surface area contributed by atoms with E-state index in [2.05, 4.69) is 40.7 Å². The Morgan fingerprint density at radius 2 is 2.44 bits per heavy atom. The molecule has 1 rings (SSSR count). The molecule has 0 aliphatic carbocycles. The molecule has 0 atom stereocenters. The summed E-state index contributed by atoms with van der Waals surface area (Å²) in [4.78, 5) is 0. The minimum atomic E-state index is -0.491. The molecule has 1 aliphatic heterocycles. The predicted molar refractivity (Wildman–Crippen MR) is 62.3 cm³/mol. The standard InChI is InChI=1S/C2H8I4N3/c1-7-5-2-4-6(5)9-8-3/h7-9H,2H2,1H3/q-1. The Balaban J connectivity index is 2.49. The van der Waals surface area contributed by atoms with E-state index in [-0.39, 0.29) is 0 Å². The van der Waals surface area contributed by atoms with Crippen LogP contribution in [-0.2, 0) is 0 Å². The molecule has 1 heterocycles. The summed E-state index contributed by atoms with van der Waals surface area (Å²) < 4.78 is 11.6. The van der Waals surface area contributed by atoms with Crippen LogP contribution in [0.4, 0.5) is 0 Å². The van der Waals surface area contributed by atoms with Crippen molar-refractivity contribution in [1.82, 2.24) is 10.8 Å². The van der Waals surface area contributed by atoms with Crippen LogP contribution in [0.1, 0.15) is 0 Å². The van der Waals surface area contributed by atoms with Gasteiger partial charge in [0.25, 0.3) is 0 Å². The van der Waals surface area contributed by atoms with Gasteiger partial charge in [-0.2, -0.15) is 0 Å². The van der Waals surface area contributed by atoms with E-state index in [9.17, 15) is 0 Å². The summed E-state index contributed by atoms with van der Waals surface area (Å²) in [5.41, 5.74) is 0. The second kappa shape index (κ2) is 5.45. The van der Waals surface area contributed by atoms with Crippen LogP contribution < -0.4 is 28.0 Å². The van der Waals surface area contributed by atoms with E-state index < -0.39 is 26.4 Å². The molecule has 7 heteroatoms. The summed E-state index contributed by atoms with van der Waals surface area (Å²) in [5.74, 6) is 0. The molecule has 0 aromatic heterocycles. The average Bonchev–Trinajstić information content (AvgIpc) is 1.82. The fourth-order valence-corrected chi connectivity index (χ4v) is 57.8. The van der Waals surface area contributed by atoms with Gasteiger partial charge in [-0.25, -0.2) is 0 Å². The van der Waals surface area contributed by atoms with E-state index in [1.54, 1.807) is 2.43 Å². The third kappa shape index (κ3) is 2.96. The summed E-state index contributed by atoms with van der Waals surface area (Å²) in [6, 6.07) is 0. The molecule has 0 spiro atoms. The summed E-state index contributed by atoms with van der Waals surface area (Å²) in [5, 5.41) is 0. The van der Waals surface area contributed by atoms with Crippen LogP contribution in [0, 0.1) is 0 Å². The fraction of sp³-hybridized carbons (Fsp3) is 1.00. The molecule has 0 amide bonds. The minimum absolute atomic E-state index is 0.486. The van der Waals surface area contributed by atoms with Crippen LogP contribution in [0.2, 0.25) is 0 Å². The van der Waals surface area contributed by atoms with E-state index in [4.69, 9.17) is 0 Å². The van der Waals surface area contributed by atoms with Gasteiger partial charge in [0.05, 0.1) is 0 Å². The first-order valence-electron chi connectivity index (χ1n) is 2.14. The first kappa shape index (κ1) is 9.88. The Morgan fingerprint density at radius 3 is 2.78 bits per heavy atom. The molecular weight excluding hydrogens is 574 g/mol. The maximum absolute atomic E-state index is 3.48. The summed E-state index contributed by atoms with van der Waals surface area (Å²) in [6.45, 7) is 0. The first-order valence-corrected chi connectivity index (χ1v) is 21.0. The number of hydrogen-bond acceptors (Lipinski definition) is 3. The zero-order chi connectivity index (χ0) is 6.69. The van der Waals surface area contributed by atoms with Crippen molar-refractivity contribution in [1.29, 1.82) is 0 Å². The van der Waals surface area contributed by atoms with Crippen LogP contribution in [0.25, 0.3) is 0 Å². The van der Waals surface area contributed by atoms with E-state index in [0.29, 0.717) is 17.2 Å². The molecule has 3 N–H and O–H groups in total. The molecule has 9 heavy (non-hydrogen) atoms. The second-order valence-corrected chi connectivity index (χ2v) is 43.0. The van der Waals surface area contributed by atoms with E-state index in [0.717, 1.165) is 0 Å². The number of alkyl halides is 2. The number of hydrazine groups is 1. The number of rotatable bonds is 1. The van der Waals surface area contributed by atoms with Gasteiger partial charge < -0.3 is 0 Å². The quantitative estimate of drug-likeness (QED) is 0.151. The summed E-state index contributed by atoms with van der Waals surface area (Å²) in [6.07, 6.45) is 0. The third-order valence-electron chi connectivity index (χ3n) is 0.679. The molecule has 0 saturated heterocycles. The van der Waals surface area contributed by atoms with Gasteiger partial charge in [-0.15, -0.1) is 0 Å². The molecule has 0 unspecified atom stereocenters. The molecule has 0 aromatic rings. The molecule has 60 valence electrons. The van der Waals surface area contributed by atoms with Gasteiger partial charge in [-0.1, -0.05) is 0 Å². The Hall–Kier alpha value is 2.80. The van der Waals surface area contributed by atoms with Gasteiger partial charge in [0.2, 0.25) is 0 Å². The van der Waals surface area contributed by atoms with Gasteiger partial charge in [0.15, 0.2) is 0 Å². The van der Waals surface area contributed by atoms with E-state index in [1.807, 2.05) is 0 Å². The van der Waals surface area contributed by atoms with Crippen molar-refractivity contribution in [2.45, 2.75) is 0 Å². The van der Waals surface area contributed by atoms with Crippen LogP contribution >= 0.6 is 49.2 Å². The fourth-order valence-electron chi connectivity index (χ4n) is 0.323. The molecule has 3 nitrogen and oxygen atoms in total. The third-order valence-corrected chi connectivity index (χ3v) is 71.6. The van der Waals surface area contributed by atoms with Crippen molar-refractivity contribution in [3.05, 3.63) is 0 Å².